The average molecular weight is 555 g/mol. The van der Waals surface area contributed by atoms with Gasteiger partial charge in [0.05, 0.1) is 5.02 Å². The highest BCUT2D eigenvalue weighted by atomic mass is 35.5. The molecule has 1 aliphatic carbocycles. The van der Waals surface area contributed by atoms with Crippen molar-refractivity contribution >= 4 is 40.6 Å². The number of rotatable bonds is 9. The van der Waals surface area contributed by atoms with E-state index >= 15 is 0 Å². The largest absolute Gasteiger partial charge is 0.380 e. The predicted octanol–water partition coefficient (Wildman–Crippen LogP) is 8.63. The Labute approximate surface area is 237 Å². The fourth-order valence-electron chi connectivity index (χ4n) is 4.33. The molecule has 0 bridgehead atoms. The maximum Gasteiger partial charge on any atom is 0.130 e. The van der Waals surface area contributed by atoms with Crippen molar-refractivity contribution in [2.24, 2.45) is 5.92 Å². The summed E-state index contributed by atoms with van der Waals surface area (Å²) in [6.45, 7) is 13.3. The van der Waals surface area contributed by atoms with E-state index in [1.54, 1.807) is 36.2 Å². The summed E-state index contributed by atoms with van der Waals surface area (Å²) in [5, 5.41) is 7.04. The number of piperidine rings is 1. The molecule has 4 nitrogen and oxygen atoms in total. The molecule has 1 aromatic carbocycles. The van der Waals surface area contributed by atoms with Gasteiger partial charge in [0.2, 0.25) is 0 Å². The molecule has 2 heterocycles. The van der Waals surface area contributed by atoms with Gasteiger partial charge in [0.15, 0.2) is 0 Å². The molecule has 0 amide bonds. The van der Waals surface area contributed by atoms with E-state index in [9.17, 15) is 4.39 Å². The molecule has 2 aliphatic rings. The van der Waals surface area contributed by atoms with Crippen LogP contribution in [0.2, 0.25) is 5.02 Å². The predicted molar refractivity (Wildman–Crippen MR) is 165 cm³/mol. The number of nitrogens with zero attached hydrogens (tertiary/aromatic N) is 2. The third-order valence-corrected chi connectivity index (χ3v) is 7.61. The Balaban J connectivity index is 0.000000336. The van der Waals surface area contributed by atoms with Gasteiger partial charge in [-0.05, 0) is 99.5 Å². The molecule has 0 atom stereocenters. The Bertz CT molecular complexity index is 1140. The van der Waals surface area contributed by atoms with Crippen LogP contribution in [-0.4, -0.2) is 42.3 Å². The van der Waals surface area contributed by atoms with Crippen molar-refractivity contribution in [3.05, 3.63) is 94.3 Å². The zero-order chi connectivity index (χ0) is 27.3. The van der Waals surface area contributed by atoms with Gasteiger partial charge in [-0.15, -0.1) is 11.8 Å². The van der Waals surface area contributed by atoms with Gasteiger partial charge in [-0.2, -0.15) is 0 Å². The van der Waals surface area contributed by atoms with E-state index < -0.39 is 0 Å². The lowest BCUT2D eigenvalue weighted by Crippen LogP contribution is -2.33. The van der Waals surface area contributed by atoms with Gasteiger partial charge in [0.1, 0.15) is 11.6 Å². The van der Waals surface area contributed by atoms with Crippen LogP contribution < -0.4 is 10.6 Å². The Morgan fingerprint density at radius 2 is 1.97 bits per heavy atom. The summed E-state index contributed by atoms with van der Waals surface area (Å²) in [6, 6.07) is 8.09. The first-order valence-corrected chi connectivity index (χ1v) is 14.9. The second kappa shape index (κ2) is 15.8. The summed E-state index contributed by atoms with van der Waals surface area (Å²) in [6.07, 6.45) is 17.3. The first-order valence-electron chi connectivity index (χ1n) is 13.3. The highest BCUT2D eigenvalue weighted by Crippen LogP contribution is 2.26. The number of likely N-dealkylation sites (tertiary alicyclic amines) is 1. The Morgan fingerprint density at radius 3 is 2.66 bits per heavy atom. The summed E-state index contributed by atoms with van der Waals surface area (Å²) in [4.78, 5) is 8.03. The van der Waals surface area contributed by atoms with Gasteiger partial charge in [-0.1, -0.05) is 50.3 Å². The van der Waals surface area contributed by atoms with Crippen LogP contribution in [0.3, 0.4) is 0 Å². The number of benzene rings is 1. The van der Waals surface area contributed by atoms with E-state index in [-0.39, 0.29) is 5.82 Å². The molecule has 4 rings (SSSR count). The van der Waals surface area contributed by atoms with Crippen LogP contribution in [0, 0.1) is 11.7 Å². The number of thioether (sulfide) groups is 1. The summed E-state index contributed by atoms with van der Waals surface area (Å²) < 4.78 is 13.9. The molecule has 1 fully saturated rings. The van der Waals surface area contributed by atoms with E-state index in [0.717, 1.165) is 18.0 Å². The van der Waals surface area contributed by atoms with Gasteiger partial charge in [0, 0.05) is 34.6 Å². The lowest BCUT2D eigenvalue weighted by Gasteiger charge is -2.29. The molecule has 7 heteroatoms. The monoisotopic (exact) mass is 554 g/mol. The van der Waals surface area contributed by atoms with E-state index in [4.69, 9.17) is 11.6 Å². The average Bonchev–Trinajstić information content (AvgIpc) is 3.16. The highest BCUT2D eigenvalue weighted by molar-refractivity contribution is 8.02. The van der Waals surface area contributed by atoms with Crippen LogP contribution in [0.5, 0.6) is 0 Å². The zero-order valence-corrected chi connectivity index (χ0v) is 24.3. The highest BCUT2D eigenvalue weighted by Gasteiger charge is 2.14. The third-order valence-electron chi connectivity index (χ3n) is 6.61. The summed E-state index contributed by atoms with van der Waals surface area (Å²) >= 11 is 7.60. The van der Waals surface area contributed by atoms with Crippen molar-refractivity contribution in [3.8, 4) is 0 Å². The van der Waals surface area contributed by atoms with Crippen molar-refractivity contribution in [1.29, 1.82) is 0 Å². The van der Waals surface area contributed by atoms with Gasteiger partial charge >= 0.3 is 0 Å². The van der Waals surface area contributed by atoms with Gasteiger partial charge in [-0.25, -0.2) is 9.37 Å². The molecule has 0 saturated carbocycles. The minimum Gasteiger partial charge on any atom is -0.380 e. The van der Waals surface area contributed by atoms with Crippen molar-refractivity contribution in [2.75, 3.05) is 43.1 Å². The normalized spacial score (nSPS) is 16.0. The van der Waals surface area contributed by atoms with Crippen LogP contribution in [0.15, 0.2) is 77.9 Å². The SMILES string of the molecule is C=C(Nc1ccc(Cl)cn1)c1cc(F)ccc1NCC1=CCC=C(SC)C=C1.CCCN1CCC(C)CC1. The lowest BCUT2D eigenvalue weighted by molar-refractivity contribution is 0.193. The molecule has 204 valence electrons. The molecular weight excluding hydrogens is 515 g/mol. The standard InChI is InChI=1S/C22H21ClFN3S.C9H19N/c1-15(27-22-11-7-17(23)14-26-22)20-12-18(24)8-10-21(20)25-13-16-4-3-5-19(28-2)9-6-16;1-3-6-10-7-4-9(2)5-8-10/h4-12,14,25H,1,3,13H2,2H3,(H,26,27);9H,3-8H2,1-2H3. The number of anilines is 2. The van der Waals surface area contributed by atoms with Crippen molar-refractivity contribution < 1.29 is 4.39 Å². The minimum atomic E-state index is -0.324. The first kappa shape index (κ1) is 30.0. The Kier molecular flexibility index (Phi) is 12.5. The lowest BCUT2D eigenvalue weighted by atomic mass is 9.99. The summed E-state index contributed by atoms with van der Waals surface area (Å²) in [7, 11) is 0. The molecular formula is C31H40ClFN4S. The van der Waals surface area contributed by atoms with Crippen molar-refractivity contribution in [2.45, 2.75) is 39.5 Å². The quantitative estimate of drug-likeness (QED) is 0.324. The number of hydrogen-bond donors (Lipinski definition) is 2. The number of halogens is 2. The van der Waals surface area contributed by atoms with E-state index in [2.05, 4.69) is 71.5 Å². The van der Waals surface area contributed by atoms with Crippen LogP contribution in [-0.2, 0) is 0 Å². The first-order chi connectivity index (χ1) is 18.4. The Morgan fingerprint density at radius 1 is 1.18 bits per heavy atom. The van der Waals surface area contributed by atoms with Crippen LogP contribution in [0.25, 0.3) is 5.70 Å². The topological polar surface area (TPSA) is 40.2 Å². The molecule has 0 unspecified atom stereocenters. The Hall–Kier alpha value is -2.54. The molecule has 1 saturated heterocycles. The minimum absolute atomic E-state index is 0.324. The molecule has 0 radical (unpaired) electrons. The van der Waals surface area contributed by atoms with Crippen LogP contribution in [0.4, 0.5) is 15.9 Å². The number of pyridine rings is 1. The molecule has 38 heavy (non-hydrogen) atoms. The fourth-order valence-corrected chi connectivity index (χ4v) is 4.90. The molecule has 2 aromatic rings. The van der Waals surface area contributed by atoms with Gasteiger partial charge < -0.3 is 15.5 Å². The van der Waals surface area contributed by atoms with Gasteiger partial charge in [0.25, 0.3) is 0 Å². The number of hydrogen-bond acceptors (Lipinski definition) is 5. The van der Waals surface area contributed by atoms with Crippen molar-refractivity contribution in [1.82, 2.24) is 9.88 Å². The van der Waals surface area contributed by atoms with Crippen LogP contribution in [0.1, 0.15) is 45.1 Å². The summed E-state index contributed by atoms with van der Waals surface area (Å²) in [5.41, 5.74) is 3.17. The van der Waals surface area contributed by atoms with Gasteiger partial charge in [-0.3, -0.25) is 0 Å². The van der Waals surface area contributed by atoms with E-state index in [1.807, 2.05) is 0 Å². The smallest absolute Gasteiger partial charge is 0.130 e. The van der Waals surface area contributed by atoms with Crippen LogP contribution >= 0.6 is 23.4 Å². The number of aromatic nitrogens is 1. The second-order valence-corrected chi connectivity index (χ2v) is 11.0. The van der Waals surface area contributed by atoms with E-state index in [1.165, 1.54) is 61.5 Å². The molecule has 2 N–H and O–H groups in total. The molecule has 1 aliphatic heterocycles. The second-order valence-electron chi connectivity index (χ2n) is 9.69. The van der Waals surface area contributed by atoms with Crippen molar-refractivity contribution in [3.63, 3.8) is 0 Å². The molecule has 0 spiro atoms. The zero-order valence-electron chi connectivity index (χ0n) is 22.8. The molecule has 1 aromatic heterocycles. The summed E-state index contributed by atoms with van der Waals surface area (Å²) in [5.74, 6) is 1.25. The third kappa shape index (κ3) is 9.97. The number of nitrogens with one attached hydrogen (secondary N) is 2. The maximum absolute atomic E-state index is 13.9. The number of allylic oxidation sites excluding steroid dienone is 3. The fraction of sp³-hybridized carbons (Fsp3) is 0.387. The van der Waals surface area contributed by atoms with E-state index in [0.29, 0.717) is 28.6 Å². The maximum atomic E-state index is 13.9.